The minimum atomic E-state index is -0.637. The summed E-state index contributed by atoms with van der Waals surface area (Å²) in [5.41, 5.74) is 19.0. The summed E-state index contributed by atoms with van der Waals surface area (Å²) in [6.07, 6.45) is 7.76. The van der Waals surface area contributed by atoms with E-state index in [1.165, 1.54) is 0 Å². The Kier molecular flexibility index (Phi) is 5.03. The molecule has 2 heterocycles. The van der Waals surface area contributed by atoms with Crippen molar-refractivity contribution in [2.75, 3.05) is 17.3 Å². The van der Waals surface area contributed by atoms with Gasteiger partial charge in [-0.2, -0.15) is 0 Å². The summed E-state index contributed by atoms with van der Waals surface area (Å²) >= 11 is 0. The van der Waals surface area contributed by atoms with Gasteiger partial charge in [0.15, 0.2) is 5.82 Å². The number of imidazole rings is 1. The highest BCUT2D eigenvalue weighted by Crippen LogP contribution is 2.39. The Hall–Kier alpha value is -2.51. The van der Waals surface area contributed by atoms with E-state index in [1.54, 1.807) is 6.20 Å². The van der Waals surface area contributed by atoms with E-state index in [0.29, 0.717) is 12.5 Å². The number of fused-ring (bicyclic) bond motifs is 1. The van der Waals surface area contributed by atoms with Crippen molar-refractivity contribution in [1.82, 2.24) is 9.66 Å². The molecule has 1 aliphatic carbocycles. The Morgan fingerprint density at radius 3 is 2.64 bits per heavy atom. The minimum absolute atomic E-state index is 0.290. The zero-order valence-corrected chi connectivity index (χ0v) is 16.6. The number of nitrogens with zero attached hydrogens (tertiary/aromatic N) is 2. The second-order valence-electron chi connectivity index (χ2n) is 7.80. The molecule has 0 bridgehead atoms. The fourth-order valence-corrected chi connectivity index (χ4v) is 4.30. The van der Waals surface area contributed by atoms with Gasteiger partial charge in [0.25, 0.3) is 0 Å². The number of rotatable bonds is 5. The SMILES string of the molecule is CCOc1ccc(NC2=C(C)C(N)(C3CCC(N)CC3)Nn3ccnc32)cc1. The normalized spacial score (nSPS) is 27.1. The maximum Gasteiger partial charge on any atom is 0.175 e. The molecule has 1 aromatic carbocycles. The highest BCUT2D eigenvalue weighted by molar-refractivity contribution is 5.79. The van der Waals surface area contributed by atoms with Crippen molar-refractivity contribution in [3.63, 3.8) is 0 Å². The third-order valence-electron chi connectivity index (χ3n) is 6.02. The predicted octanol–water partition coefficient (Wildman–Crippen LogP) is 2.85. The molecular weight excluding hydrogens is 352 g/mol. The molecule has 1 saturated carbocycles. The van der Waals surface area contributed by atoms with Crippen molar-refractivity contribution in [1.29, 1.82) is 0 Å². The topological polar surface area (TPSA) is 103 Å². The van der Waals surface area contributed by atoms with Crippen LogP contribution in [0.1, 0.15) is 45.4 Å². The molecule has 7 heteroatoms. The molecule has 2 aliphatic rings. The lowest BCUT2D eigenvalue weighted by Gasteiger charge is -2.46. The Morgan fingerprint density at radius 2 is 1.96 bits per heavy atom. The first-order valence-electron chi connectivity index (χ1n) is 10.1. The molecule has 1 fully saturated rings. The van der Waals surface area contributed by atoms with Crippen LogP contribution in [0.5, 0.6) is 5.75 Å². The van der Waals surface area contributed by atoms with E-state index in [4.69, 9.17) is 16.2 Å². The molecule has 7 nitrogen and oxygen atoms in total. The van der Waals surface area contributed by atoms with Crippen LogP contribution in [0.15, 0.2) is 42.2 Å². The van der Waals surface area contributed by atoms with Crippen molar-refractivity contribution in [2.45, 2.75) is 51.2 Å². The highest BCUT2D eigenvalue weighted by atomic mass is 16.5. The third-order valence-corrected chi connectivity index (χ3v) is 6.02. The van der Waals surface area contributed by atoms with E-state index >= 15 is 0 Å². The third kappa shape index (κ3) is 3.36. The molecule has 4 rings (SSSR count). The molecule has 0 radical (unpaired) electrons. The average molecular weight is 383 g/mol. The predicted molar refractivity (Wildman–Crippen MR) is 112 cm³/mol. The van der Waals surface area contributed by atoms with E-state index in [-0.39, 0.29) is 6.04 Å². The Labute approximate surface area is 166 Å². The van der Waals surface area contributed by atoms with Gasteiger partial charge in [-0.15, -0.1) is 0 Å². The number of nitrogens with two attached hydrogens (primary N) is 2. The number of hydrogen-bond acceptors (Lipinski definition) is 6. The van der Waals surface area contributed by atoms with Crippen LogP contribution in [-0.2, 0) is 0 Å². The maximum atomic E-state index is 6.99. The van der Waals surface area contributed by atoms with Gasteiger partial charge < -0.3 is 26.9 Å². The molecule has 2 aromatic rings. The van der Waals surface area contributed by atoms with Crippen LogP contribution in [-0.4, -0.2) is 28.0 Å². The molecule has 28 heavy (non-hydrogen) atoms. The van der Waals surface area contributed by atoms with E-state index in [1.807, 2.05) is 42.1 Å². The van der Waals surface area contributed by atoms with Gasteiger partial charge in [0.1, 0.15) is 11.4 Å². The number of hydrogen-bond donors (Lipinski definition) is 4. The number of nitrogens with one attached hydrogen (secondary N) is 2. The Morgan fingerprint density at radius 1 is 1.25 bits per heavy atom. The van der Waals surface area contributed by atoms with Crippen molar-refractivity contribution in [3.05, 3.63) is 48.1 Å². The van der Waals surface area contributed by atoms with Gasteiger partial charge in [0.2, 0.25) is 0 Å². The quantitative estimate of drug-likeness (QED) is 0.634. The van der Waals surface area contributed by atoms with Gasteiger partial charge in [-0.1, -0.05) is 0 Å². The van der Waals surface area contributed by atoms with Crippen LogP contribution in [0.2, 0.25) is 0 Å². The van der Waals surface area contributed by atoms with Crippen LogP contribution in [0, 0.1) is 5.92 Å². The van der Waals surface area contributed by atoms with Crippen molar-refractivity contribution in [3.8, 4) is 5.75 Å². The van der Waals surface area contributed by atoms with Crippen LogP contribution < -0.4 is 26.9 Å². The van der Waals surface area contributed by atoms with Crippen LogP contribution in [0.25, 0.3) is 5.70 Å². The average Bonchev–Trinajstić information content (AvgIpc) is 3.15. The number of ether oxygens (including phenoxy) is 1. The van der Waals surface area contributed by atoms with Crippen molar-refractivity contribution >= 4 is 11.4 Å². The van der Waals surface area contributed by atoms with E-state index in [2.05, 4.69) is 22.7 Å². The van der Waals surface area contributed by atoms with Gasteiger partial charge in [0.05, 0.1) is 12.3 Å². The summed E-state index contributed by atoms with van der Waals surface area (Å²) in [5.74, 6) is 2.01. The first kappa shape index (κ1) is 18.8. The standard InChI is InChI=1S/C21H30N6O/c1-3-28-18-10-8-17(9-11-18)25-19-14(2)21(23,15-4-6-16(22)7-5-15)26-27-13-12-24-20(19)27/h8-13,15-16,25-26H,3-7,22-23H2,1-2H3. The molecule has 0 amide bonds. The first-order chi connectivity index (χ1) is 13.5. The van der Waals surface area contributed by atoms with E-state index < -0.39 is 5.66 Å². The zero-order chi connectivity index (χ0) is 19.7. The van der Waals surface area contributed by atoms with Crippen LogP contribution in [0.3, 0.4) is 0 Å². The highest BCUT2D eigenvalue weighted by Gasteiger charge is 2.43. The van der Waals surface area contributed by atoms with Gasteiger partial charge >= 0.3 is 0 Å². The fraction of sp³-hybridized carbons (Fsp3) is 0.476. The van der Waals surface area contributed by atoms with Crippen LogP contribution in [0.4, 0.5) is 5.69 Å². The second-order valence-corrected chi connectivity index (χ2v) is 7.80. The molecule has 1 aromatic heterocycles. The molecular formula is C21H30N6O. The summed E-state index contributed by atoms with van der Waals surface area (Å²) in [6, 6.07) is 8.25. The molecule has 1 unspecified atom stereocenters. The van der Waals surface area contributed by atoms with Crippen molar-refractivity contribution < 1.29 is 4.74 Å². The summed E-state index contributed by atoms with van der Waals surface area (Å²) in [7, 11) is 0. The lowest BCUT2D eigenvalue weighted by atomic mass is 9.75. The largest absolute Gasteiger partial charge is 0.494 e. The Bertz CT molecular complexity index is 850. The summed E-state index contributed by atoms with van der Waals surface area (Å²) in [6.45, 7) is 4.73. The fourth-order valence-electron chi connectivity index (χ4n) is 4.30. The molecule has 1 atom stereocenters. The van der Waals surface area contributed by atoms with Gasteiger partial charge in [-0.05, 0) is 69.4 Å². The van der Waals surface area contributed by atoms with Crippen LogP contribution >= 0.6 is 0 Å². The van der Waals surface area contributed by atoms with Gasteiger partial charge in [-0.25, -0.2) is 9.66 Å². The Balaban J connectivity index is 1.66. The second kappa shape index (κ2) is 7.48. The van der Waals surface area contributed by atoms with E-state index in [9.17, 15) is 0 Å². The van der Waals surface area contributed by atoms with Crippen molar-refractivity contribution in [2.24, 2.45) is 17.4 Å². The van der Waals surface area contributed by atoms with E-state index in [0.717, 1.165) is 54.2 Å². The summed E-state index contributed by atoms with van der Waals surface area (Å²) in [5, 5.41) is 3.54. The minimum Gasteiger partial charge on any atom is -0.494 e. The zero-order valence-electron chi connectivity index (χ0n) is 16.6. The first-order valence-corrected chi connectivity index (χ1v) is 10.1. The molecule has 6 N–H and O–H groups in total. The number of aromatic nitrogens is 2. The number of benzene rings is 1. The monoisotopic (exact) mass is 382 g/mol. The number of anilines is 1. The molecule has 0 spiro atoms. The molecule has 150 valence electrons. The molecule has 0 saturated heterocycles. The maximum absolute atomic E-state index is 6.99. The van der Waals surface area contributed by atoms with Gasteiger partial charge in [0, 0.05) is 30.0 Å². The lowest BCUT2D eigenvalue weighted by molar-refractivity contribution is 0.229. The lowest BCUT2D eigenvalue weighted by Crippen LogP contribution is -2.61. The summed E-state index contributed by atoms with van der Waals surface area (Å²) < 4.78 is 7.47. The molecule has 1 aliphatic heterocycles. The smallest absolute Gasteiger partial charge is 0.175 e. The van der Waals surface area contributed by atoms with Gasteiger partial charge in [-0.3, -0.25) is 0 Å². The summed E-state index contributed by atoms with van der Waals surface area (Å²) in [4.78, 5) is 4.53.